The summed E-state index contributed by atoms with van der Waals surface area (Å²) in [4.78, 5) is 11.6. The van der Waals surface area contributed by atoms with Gasteiger partial charge in [0.15, 0.2) is 18.2 Å². The molecule has 2 aromatic carbocycles. The van der Waals surface area contributed by atoms with Crippen molar-refractivity contribution in [3.63, 3.8) is 0 Å². The molecule has 2 rings (SSSR count). The summed E-state index contributed by atoms with van der Waals surface area (Å²) >= 11 is 0. The van der Waals surface area contributed by atoms with E-state index in [2.05, 4.69) is 5.32 Å². The molecule has 3 N–H and O–H groups in total. The Labute approximate surface area is 118 Å². The number of amides is 1. The maximum absolute atomic E-state index is 13.3. The molecule has 4 nitrogen and oxygen atoms in total. The molecule has 1 amide bonds. The van der Waals surface area contributed by atoms with E-state index >= 15 is 0 Å². The van der Waals surface area contributed by atoms with Gasteiger partial charge in [-0.2, -0.15) is 0 Å². The maximum atomic E-state index is 13.3. The van der Waals surface area contributed by atoms with Crippen molar-refractivity contribution in [3.05, 3.63) is 53.8 Å². The summed E-state index contributed by atoms with van der Waals surface area (Å²) in [5.74, 6) is -3.16. The first kappa shape index (κ1) is 14.7. The van der Waals surface area contributed by atoms with Crippen LogP contribution >= 0.6 is 0 Å². The van der Waals surface area contributed by atoms with Gasteiger partial charge in [-0.05, 0) is 30.3 Å². The van der Waals surface area contributed by atoms with Crippen LogP contribution in [0.1, 0.15) is 0 Å². The molecule has 7 heteroatoms. The summed E-state index contributed by atoms with van der Waals surface area (Å²) in [6, 6.07) is 6.19. The number of rotatable bonds is 4. The summed E-state index contributed by atoms with van der Waals surface area (Å²) in [6.45, 7) is -0.529. The van der Waals surface area contributed by atoms with Crippen molar-refractivity contribution >= 4 is 17.3 Å². The van der Waals surface area contributed by atoms with E-state index in [1.807, 2.05) is 0 Å². The predicted molar refractivity (Wildman–Crippen MR) is 71.3 cm³/mol. The SMILES string of the molecule is Nc1ccc(F)cc1NC(=O)COc1ccc(F)cc1F. The van der Waals surface area contributed by atoms with E-state index in [1.165, 1.54) is 6.07 Å². The van der Waals surface area contributed by atoms with Crippen molar-refractivity contribution < 1.29 is 22.7 Å². The molecule has 0 aliphatic rings. The molecule has 0 unspecified atom stereocenters. The Morgan fingerprint density at radius 1 is 1.10 bits per heavy atom. The highest BCUT2D eigenvalue weighted by molar-refractivity contribution is 5.94. The molecular formula is C14H11F3N2O2. The number of nitrogens with one attached hydrogen (secondary N) is 1. The van der Waals surface area contributed by atoms with Gasteiger partial charge < -0.3 is 15.8 Å². The average Bonchev–Trinajstić information content (AvgIpc) is 2.42. The quantitative estimate of drug-likeness (QED) is 0.853. The van der Waals surface area contributed by atoms with E-state index in [0.717, 1.165) is 24.3 Å². The molecule has 0 saturated heterocycles. The van der Waals surface area contributed by atoms with E-state index in [9.17, 15) is 18.0 Å². The molecule has 0 saturated carbocycles. The predicted octanol–water partition coefficient (Wildman–Crippen LogP) is 2.70. The van der Waals surface area contributed by atoms with E-state index in [0.29, 0.717) is 6.07 Å². The molecule has 0 spiro atoms. The van der Waals surface area contributed by atoms with Gasteiger partial charge in [0.05, 0.1) is 11.4 Å². The molecule has 0 atom stereocenters. The van der Waals surface area contributed by atoms with Crippen molar-refractivity contribution in [2.75, 3.05) is 17.7 Å². The zero-order valence-corrected chi connectivity index (χ0v) is 10.7. The van der Waals surface area contributed by atoms with Crippen LogP contribution in [-0.4, -0.2) is 12.5 Å². The molecule has 0 aliphatic carbocycles. The maximum Gasteiger partial charge on any atom is 0.262 e. The van der Waals surface area contributed by atoms with Gasteiger partial charge in [-0.1, -0.05) is 0 Å². The third-order valence-electron chi connectivity index (χ3n) is 2.54. The third-order valence-corrected chi connectivity index (χ3v) is 2.54. The summed E-state index contributed by atoms with van der Waals surface area (Å²) in [6.07, 6.45) is 0. The number of anilines is 2. The van der Waals surface area contributed by atoms with Crippen LogP contribution in [-0.2, 0) is 4.79 Å². The molecule has 0 aromatic heterocycles. The summed E-state index contributed by atoms with van der Waals surface area (Å²) in [5, 5.41) is 2.33. The van der Waals surface area contributed by atoms with Gasteiger partial charge in [-0.15, -0.1) is 0 Å². The minimum Gasteiger partial charge on any atom is -0.481 e. The highest BCUT2D eigenvalue weighted by atomic mass is 19.1. The fourth-order valence-electron chi connectivity index (χ4n) is 1.56. The van der Waals surface area contributed by atoms with Crippen LogP contribution in [0.15, 0.2) is 36.4 Å². The lowest BCUT2D eigenvalue weighted by molar-refractivity contribution is -0.118. The number of hydrogen-bond donors (Lipinski definition) is 2. The van der Waals surface area contributed by atoms with E-state index in [-0.39, 0.29) is 17.1 Å². The number of benzene rings is 2. The van der Waals surface area contributed by atoms with Gasteiger partial charge in [-0.25, -0.2) is 13.2 Å². The Kier molecular flexibility index (Phi) is 4.32. The van der Waals surface area contributed by atoms with Crippen molar-refractivity contribution in [1.82, 2.24) is 0 Å². The molecule has 0 fully saturated rings. The molecular weight excluding hydrogens is 285 g/mol. The van der Waals surface area contributed by atoms with E-state index in [4.69, 9.17) is 10.5 Å². The second-order valence-electron chi connectivity index (χ2n) is 4.14. The van der Waals surface area contributed by atoms with Crippen LogP contribution in [0.25, 0.3) is 0 Å². The smallest absolute Gasteiger partial charge is 0.262 e. The largest absolute Gasteiger partial charge is 0.481 e. The van der Waals surface area contributed by atoms with Crippen LogP contribution in [0.5, 0.6) is 5.75 Å². The third kappa shape index (κ3) is 3.88. The molecule has 0 heterocycles. The van der Waals surface area contributed by atoms with E-state index in [1.54, 1.807) is 0 Å². The van der Waals surface area contributed by atoms with Gasteiger partial charge in [0.25, 0.3) is 5.91 Å². The van der Waals surface area contributed by atoms with E-state index < -0.39 is 30.0 Å². The number of carbonyl (C=O) groups is 1. The number of halogens is 3. The number of carbonyl (C=O) groups excluding carboxylic acids is 1. The first-order valence-corrected chi connectivity index (χ1v) is 5.88. The average molecular weight is 296 g/mol. The molecule has 0 bridgehead atoms. The number of nitrogens with two attached hydrogens (primary N) is 1. The summed E-state index contributed by atoms with van der Waals surface area (Å²) in [5.41, 5.74) is 5.83. The Balaban J connectivity index is 1.97. The van der Waals surface area contributed by atoms with Crippen molar-refractivity contribution in [3.8, 4) is 5.75 Å². The van der Waals surface area contributed by atoms with Crippen LogP contribution in [0.3, 0.4) is 0 Å². The van der Waals surface area contributed by atoms with Crippen molar-refractivity contribution in [2.24, 2.45) is 0 Å². The van der Waals surface area contributed by atoms with Crippen LogP contribution in [0.2, 0.25) is 0 Å². The van der Waals surface area contributed by atoms with Gasteiger partial charge >= 0.3 is 0 Å². The standard InChI is InChI=1S/C14H11F3N2O2/c15-8-2-4-13(10(17)5-8)21-7-14(20)19-12-6-9(16)1-3-11(12)18/h1-6H,7,18H2,(H,19,20). The zero-order valence-electron chi connectivity index (χ0n) is 10.7. The molecule has 0 aliphatic heterocycles. The topological polar surface area (TPSA) is 64.3 Å². The lowest BCUT2D eigenvalue weighted by Crippen LogP contribution is -2.21. The fourth-order valence-corrected chi connectivity index (χ4v) is 1.56. The van der Waals surface area contributed by atoms with Gasteiger partial charge in [0.1, 0.15) is 11.6 Å². The second-order valence-corrected chi connectivity index (χ2v) is 4.14. The Hall–Kier alpha value is -2.70. The lowest BCUT2D eigenvalue weighted by Gasteiger charge is -2.10. The minimum absolute atomic E-state index is 0.0863. The second kappa shape index (κ2) is 6.17. The van der Waals surface area contributed by atoms with Gasteiger partial charge in [0.2, 0.25) is 0 Å². The summed E-state index contributed by atoms with van der Waals surface area (Å²) in [7, 11) is 0. The Bertz CT molecular complexity index is 677. The molecule has 110 valence electrons. The number of hydrogen-bond acceptors (Lipinski definition) is 3. The highest BCUT2D eigenvalue weighted by Crippen LogP contribution is 2.20. The minimum atomic E-state index is -0.923. The summed E-state index contributed by atoms with van der Waals surface area (Å²) < 4.78 is 43.9. The lowest BCUT2D eigenvalue weighted by atomic mass is 10.2. The van der Waals surface area contributed by atoms with Crippen LogP contribution in [0.4, 0.5) is 24.5 Å². The first-order chi connectivity index (χ1) is 9.95. The Morgan fingerprint density at radius 3 is 2.48 bits per heavy atom. The molecule has 0 radical (unpaired) electrons. The molecule has 21 heavy (non-hydrogen) atoms. The number of nitrogen functional groups attached to an aromatic ring is 1. The van der Waals surface area contributed by atoms with Crippen LogP contribution in [0, 0.1) is 17.5 Å². The Morgan fingerprint density at radius 2 is 1.76 bits per heavy atom. The first-order valence-electron chi connectivity index (χ1n) is 5.88. The van der Waals surface area contributed by atoms with Crippen molar-refractivity contribution in [2.45, 2.75) is 0 Å². The van der Waals surface area contributed by atoms with Crippen molar-refractivity contribution in [1.29, 1.82) is 0 Å². The zero-order chi connectivity index (χ0) is 15.4. The highest BCUT2D eigenvalue weighted by Gasteiger charge is 2.10. The van der Waals surface area contributed by atoms with Gasteiger partial charge in [0, 0.05) is 6.07 Å². The number of ether oxygens (including phenoxy) is 1. The normalized spacial score (nSPS) is 10.2. The van der Waals surface area contributed by atoms with Crippen LogP contribution < -0.4 is 15.8 Å². The monoisotopic (exact) mass is 296 g/mol. The molecule has 2 aromatic rings. The fraction of sp³-hybridized carbons (Fsp3) is 0.0714. The van der Waals surface area contributed by atoms with Gasteiger partial charge in [-0.3, -0.25) is 4.79 Å².